The average molecular weight is 332 g/mol. The first-order valence-corrected chi connectivity index (χ1v) is 8.39. The molecule has 1 amide bonds. The van der Waals surface area contributed by atoms with Crippen molar-refractivity contribution in [1.82, 2.24) is 20.2 Å². The normalized spacial score (nSPS) is 17.0. The largest absolute Gasteiger partial charge is 0.390 e. The molecule has 7 nitrogen and oxygen atoms in total. The van der Waals surface area contributed by atoms with Crippen LogP contribution in [0.4, 0.5) is 0 Å². The van der Waals surface area contributed by atoms with E-state index in [1.165, 1.54) is 0 Å². The van der Waals surface area contributed by atoms with Gasteiger partial charge in [0.05, 0.1) is 30.4 Å². The summed E-state index contributed by atoms with van der Waals surface area (Å²) in [7, 11) is 0. The number of aliphatic hydroxyl groups excluding tert-OH is 1. The molecule has 0 bridgehead atoms. The van der Waals surface area contributed by atoms with Gasteiger partial charge >= 0.3 is 0 Å². The van der Waals surface area contributed by atoms with E-state index in [2.05, 4.69) is 20.2 Å². The molecule has 3 rings (SSSR count). The maximum atomic E-state index is 11.9. The number of amides is 1. The van der Waals surface area contributed by atoms with Crippen LogP contribution in [-0.4, -0.2) is 71.4 Å². The van der Waals surface area contributed by atoms with Crippen LogP contribution in [0, 0.1) is 0 Å². The number of nitrogens with one attached hydrogen (secondary N) is 2. The molecule has 7 heteroatoms. The van der Waals surface area contributed by atoms with Crippen LogP contribution in [0.3, 0.4) is 0 Å². The average Bonchev–Trinajstić information content (AvgIpc) is 3.02. The van der Waals surface area contributed by atoms with Crippen LogP contribution in [0.5, 0.6) is 0 Å². The number of benzene rings is 1. The fraction of sp³-hybridized carbons (Fsp3) is 0.529. The summed E-state index contributed by atoms with van der Waals surface area (Å²) in [5.74, 6) is 0.733. The number of β-amino-alcohol motifs (C(OH)–C–C–N with tert-alkyl or cyclic N) is 1. The summed E-state index contributed by atoms with van der Waals surface area (Å²) >= 11 is 0. The van der Waals surface area contributed by atoms with Crippen molar-refractivity contribution in [2.75, 3.05) is 39.4 Å². The number of hydrogen-bond acceptors (Lipinski definition) is 5. The standard InChI is InChI=1S/C17H24N4O3/c22-13(12-21-7-9-24-10-8-21)11-18-17(23)6-5-16-19-14-3-1-2-4-15(14)20-16/h1-4,13,22H,5-12H2,(H,18,23)(H,19,20)/t13-/m1/s1. The van der Waals surface area contributed by atoms with Crippen molar-refractivity contribution < 1.29 is 14.6 Å². The molecule has 1 aliphatic heterocycles. The zero-order valence-electron chi connectivity index (χ0n) is 13.7. The smallest absolute Gasteiger partial charge is 0.220 e. The van der Waals surface area contributed by atoms with Crippen LogP contribution in [0.1, 0.15) is 12.2 Å². The van der Waals surface area contributed by atoms with E-state index in [0.29, 0.717) is 32.6 Å². The Morgan fingerprint density at radius 1 is 1.38 bits per heavy atom. The quantitative estimate of drug-likeness (QED) is 0.679. The molecule has 24 heavy (non-hydrogen) atoms. The minimum atomic E-state index is -0.557. The first kappa shape index (κ1) is 16.9. The van der Waals surface area contributed by atoms with Gasteiger partial charge in [-0.25, -0.2) is 4.98 Å². The van der Waals surface area contributed by atoms with Crippen LogP contribution in [-0.2, 0) is 16.0 Å². The Hall–Kier alpha value is -1.96. The van der Waals surface area contributed by atoms with Crippen LogP contribution >= 0.6 is 0 Å². The molecule has 1 aromatic heterocycles. The van der Waals surface area contributed by atoms with Crippen LogP contribution < -0.4 is 5.32 Å². The van der Waals surface area contributed by atoms with Gasteiger partial charge in [-0.1, -0.05) is 12.1 Å². The summed E-state index contributed by atoms with van der Waals surface area (Å²) in [6.45, 7) is 3.91. The molecule has 1 fully saturated rings. The highest BCUT2D eigenvalue weighted by atomic mass is 16.5. The SMILES string of the molecule is O=C(CCc1nc2ccccc2[nH]1)NC[C@@H](O)CN1CCOCC1. The van der Waals surface area contributed by atoms with E-state index in [4.69, 9.17) is 4.74 Å². The molecule has 1 aromatic carbocycles. The summed E-state index contributed by atoms with van der Waals surface area (Å²) in [4.78, 5) is 21.7. The molecule has 1 atom stereocenters. The third-order valence-electron chi connectivity index (χ3n) is 4.13. The van der Waals surface area contributed by atoms with Crippen LogP contribution in [0.25, 0.3) is 11.0 Å². The topological polar surface area (TPSA) is 90.5 Å². The first-order chi connectivity index (χ1) is 11.7. The maximum Gasteiger partial charge on any atom is 0.220 e. The Morgan fingerprint density at radius 2 is 2.17 bits per heavy atom. The lowest BCUT2D eigenvalue weighted by molar-refractivity contribution is -0.121. The highest BCUT2D eigenvalue weighted by molar-refractivity contribution is 5.77. The van der Waals surface area contributed by atoms with Crippen molar-refractivity contribution in [2.24, 2.45) is 0 Å². The number of aromatic nitrogens is 2. The van der Waals surface area contributed by atoms with E-state index in [1.54, 1.807) is 0 Å². The summed E-state index contributed by atoms with van der Waals surface area (Å²) in [6.07, 6.45) is 0.350. The summed E-state index contributed by atoms with van der Waals surface area (Å²) in [5, 5.41) is 12.8. The number of fused-ring (bicyclic) bond motifs is 1. The van der Waals surface area contributed by atoms with Gasteiger partial charge in [0.15, 0.2) is 0 Å². The van der Waals surface area contributed by atoms with Gasteiger partial charge in [0.1, 0.15) is 5.82 Å². The molecule has 0 spiro atoms. The molecule has 0 unspecified atom stereocenters. The number of hydrogen-bond donors (Lipinski definition) is 3. The minimum absolute atomic E-state index is 0.0727. The number of H-pyrrole nitrogens is 1. The van der Waals surface area contributed by atoms with Gasteiger partial charge in [-0.05, 0) is 12.1 Å². The molecule has 2 aromatic rings. The van der Waals surface area contributed by atoms with Crippen molar-refractivity contribution in [3.8, 4) is 0 Å². The molecular formula is C17H24N4O3. The minimum Gasteiger partial charge on any atom is -0.390 e. The molecule has 2 heterocycles. The lowest BCUT2D eigenvalue weighted by Gasteiger charge is -2.28. The second-order valence-electron chi connectivity index (χ2n) is 6.07. The third kappa shape index (κ3) is 4.77. The second kappa shape index (κ2) is 8.23. The number of ether oxygens (including phenoxy) is 1. The van der Waals surface area contributed by atoms with Crippen molar-refractivity contribution in [3.05, 3.63) is 30.1 Å². The van der Waals surface area contributed by atoms with Crippen molar-refractivity contribution in [3.63, 3.8) is 0 Å². The number of nitrogens with zero attached hydrogens (tertiary/aromatic N) is 2. The van der Waals surface area contributed by atoms with E-state index >= 15 is 0 Å². The van der Waals surface area contributed by atoms with Gasteiger partial charge in [0.2, 0.25) is 5.91 Å². The lowest BCUT2D eigenvalue weighted by atomic mass is 10.2. The fourth-order valence-corrected chi connectivity index (χ4v) is 2.82. The molecule has 0 saturated carbocycles. The molecular weight excluding hydrogens is 308 g/mol. The first-order valence-electron chi connectivity index (χ1n) is 8.39. The van der Waals surface area contributed by atoms with E-state index in [9.17, 15) is 9.90 Å². The van der Waals surface area contributed by atoms with Gasteiger partial charge in [-0.15, -0.1) is 0 Å². The second-order valence-corrected chi connectivity index (χ2v) is 6.07. The number of aromatic amines is 1. The molecule has 1 aliphatic rings. The van der Waals surface area contributed by atoms with Crippen molar-refractivity contribution in [2.45, 2.75) is 18.9 Å². The van der Waals surface area contributed by atoms with Crippen molar-refractivity contribution >= 4 is 16.9 Å². The highest BCUT2D eigenvalue weighted by Crippen LogP contribution is 2.11. The Bertz CT molecular complexity index is 634. The lowest BCUT2D eigenvalue weighted by Crippen LogP contribution is -2.44. The van der Waals surface area contributed by atoms with Gasteiger partial charge in [0.25, 0.3) is 0 Å². The van der Waals surface area contributed by atoms with Gasteiger partial charge in [-0.2, -0.15) is 0 Å². The van der Waals surface area contributed by atoms with Gasteiger partial charge in [-0.3, -0.25) is 9.69 Å². The van der Waals surface area contributed by atoms with Crippen LogP contribution in [0.2, 0.25) is 0 Å². The highest BCUT2D eigenvalue weighted by Gasteiger charge is 2.15. The van der Waals surface area contributed by atoms with Gasteiger partial charge in [0, 0.05) is 39.0 Å². The Labute approximate surface area is 141 Å². The molecule has 130 valence electrons. The fourth-order valence-electron chi connectivity index (χ4n) is 2.82. The molecule has 0 aliphatic carbocycles. The predicted octanol–water partition coefficient (Wildman–Crippen LogP) is 0.305. The van der Waals surface area contributed by atoms with Crippen LogP contribution in [0.15, 0.2) is 24.3 Å². The number of aryl methyl sites for hydroxylation is 1. The van der Waals surface area contributed by atoms with E-state index in [0.717, 1.165) is 29.9 Å². The third-order valence-corrected chi connectivity index (χ3v) is 4.13. The summed E-state index contributed by atoms with van der Waals surface area (Å²) < 4.78 is 5.27. The molecule has 0 radical (unpaired) electrons. The van der Waals surface area contributed by atoms with E-state index in [-0.39, 0.29) is 12.5 Å². The number of para-hydroxylation sites is 2. The predicted molar refractivity (Wildman–Crippen MR) is 90.7 cm³/mol. The Kier molecular flexibility index (Phi) is 5.79. The monoisotopic (exact) mass is 332 g/mol. The maximum absolute atomic E-state index is 11.9. The zero-order chi connectivity index (χ0) is 16.8. The zero-order valence-corrected chi connectivity index (χ0v) is 13.7. The number of imidazole rings is 1. The van der Waals surface area contributed by atoms with Crippen molar-refractivity contribution in [1.29, 1.82) is 0 Å². The molecule has 1 saturated heterocycles. The number of morpholine rings is 1. The number of aliphatic hydroxyl groups is 1. The summed E-state index contributed by atoms with van der Waals surface area (Å²) in [6, 6.07) is 7.80. The number of rotatable bonds is 7. The summed E-state index contributed by atoms with van der Waals surface area (Å²) in [5.41, 5.74) is 1.89. The Morgan fingerprint density at radius 3 is 2.96 bits per heavy atom. The number of carbonyl (C=O) groups excluding carboxylic acids is 1. The number of carbonyl (C=O) groups is 1. The van der Waals surface area contributed by atoms with E-state index in [1.807, 2.05) is 24.3 Å². The Balaban J connectivity index is 1.37. The molecule has 3 N–H and O–H groups in total. The van der Waals surface area contributed by atoms with E-state index < -0.39 is 6.10 Å². The van der Waals surface area contributed by atoms with Gasteiger partial charge < -0.3 is 20.1 Å².